The van der Waals surface area contributed by atoms with E-state index in [4.69, 9.17) is 0 Å². The van der Waals surface area contributed by atoms with Crippen LogP contribution in [0.5, 0.6) is 0 Å². The third-order valence-corrected chi connectivity index (χ3v) is 4.67. The van der Waals surface area contributed by atoms with Gasteiger partial charge in [0.2, 0.25) is 0 Å². The van der Waals surface area contributed by atoms with Crippen molar-refractivity contribution in [3.8, 4) is 0 Å². The van der Waals surface area contributed by atoms with Crippen LogP contribution in [-0.4, -0.2) is 27.5 Å². The van der Waals surface area contributed by atoms with Crippen molar-refractivity contribution in [3.63, 3.8) is 0 Å². The lowest BCUT2D eigenvalue weighted by atomic mass is 10.1. The fourth-order valence-corrected chi connectivity index (χ4v) is 3.70. The SMILES string of the molecule is CCNC1CCCCc2c1cnn2C1CCCC1O. The first-order valence-electron chi connectivity index (χ1n) is 7.79. The Bertz CT molecular complexity index is 429. The van der Waals surface area contributed by atoms with Crippen LogP contribution >= 0.6 is 0 Å². The van der Waals surface area contributed by atoms with Gasteiger partial charge in [-0.1, -0.05) is 13.3 Å². The topological polar surface area (TPSA) is 50.1 Å². The van der Waals surface area contributed by atoms with Crippen LogP contribution in [0.1, 0.15) is 68.8 Å². The molecule has 2 N–H and O–H groups in total. The van der Waals surface area contributed by atoms with Crippen molar-refractivity contribution in [1.82, 2.24) is 15.1 Å². The molecule has 2 aliphatic carbocycles. The summed E-state index contributed by atoms with van der Waals surface area (Å²) in [6, 6.07) is 0.666. The zero-order chi connectivity index (χ0) is 13.2. The van der Waals surface area contributed by atoms with E-state index in [1.807, 2.05) is 6.20 Å². The van der Waals surface area contributed by atoms with Gasteiger partial charge in [-0.25, -0.2) is 0 Å². The number of nitrogens with zero attached hydrogens (tertiary/aromatic N) is 2. The first-order chi connectivity index (χ1) is 9.31. The van der Waals surface area contributed by atoms with E-state index in [-0.39, 0.29) is 12.1 Å². The fourth-order valence-electron chi connectivity index (χ4n) is 3.70. The molecule has 0 aromatic carbocycles. The molecule has 1 saturated carbocycles. The van der Waals surface area contributed by atoms with E-state index >= 15 is 0 Å². The first-order valence-corrected chi connectivity index (χ1v) is 7.79. The quantitative estimate of drug-likeness (QED) is 0.823. The predicted octanol–water partition coefficient (Wildman–Crippen LogP) is 2.35. The molecular formula is C15H25N3O. The van der Waals surface area contributed by atoms with Crippen LogP contribution in [0.3, 0.4) is 0 Å². The van der Waals surface area contributed by atoms with Crippen molar-refractivity contribution >= 4 is 0 Å². The maximum absolute atomic E-state index is 10.1. The van der Waals surface area contributed by atoms with Crippen molar-refractivity contribution in [2.45, 2.75) is 70.1 Å². The largest absolute Gasteiger partial charge is 0.391 e. The van der Waals surface area contributed by atoms with Gasteiger partial charge in [-0.3, -0.25) is 4.68 Å². The van der Waals surface area contributed by atoms with Gasteiger partial charge in [0.05, 0.1) is 18.3 Å². The summed E-state index contributed by atoms with van der Waals surface area (Å²) in [6.07, 6.45) is 9.79. The summed E-state index contributed by atoms with van der Waals surface area (Å²) in [5, 5.41) is 18.3. The fraction of sp³-hybridized carbons (Fsp3) is 0.800. The maximum Gasteiger partial charge on any atom is 0.0781 e. The zero-order valence-corrected chi connectivity index (χ0v) is 11.8. The molecular weight excluding hydrogens is 238 g/mol. The molecule has 0 amide bonds. The Balaban J connectivity index is 1.91. The summed E-state index contributed by atoms with van der Waals surface area (Å²) in [4.78, 5) is 0. The van der Waals surface area contributed by atoms with Crippen molar-refractivity contribution in [3.05, 3.63) is 17.5 Å². The van der Waals surface area contributed by atoms with E-state index in [0.29, 0.717) is 6.04 Å². The minimum absolute atomic E-state index is 0.204. The van der Waals surface area contributed by atoms with Gasteiger partial charge in [-0.15, -0.1) is 0 Å². The molecule has 1 aromatic rings. The number of hydrogen-bond acceptors (Lipinski definition) is 3. The molecule has 0 aliphatic heterocycles. The van der Waals surface area contributed by atoms with Gasteiger partial charge >= 0.3 is 0 Å². The smallest absolute Gasteiger partial charge is 0.0781 e. The molecule has 2 aliphatic rings. The second-order valence-corrected chi connectivity index (χ2v) is 5.91. The number of fused-ring (bicyclic) bond motifs is 1. The number of nitrogens with one attached hydrogen (secondary N) is 1. The van der Waals surface area contributed by atoms with Crippen molar-refractivity contribution in [1.29, 1.82) is 0 Å². The second kappa shape index (κ2) is 5.63. The van der Waals surface area contributed by atoms with Gasteiger partial charge in [-0.2, -0.15) is 5.10 Å². The third kappa shape index (κ3) is 2.43. The Morgan fingerprint density at radius 2 is 2.21 bits per heavy atom. The van der Waals surface area contributed by atoms with Gasteiger partial charge in [0, 0.05) is 17.3 Å². The monoisotopic (exact) mass is 263 g/mol. The molecule has 3 atom stereocenters. The summed E-state index contributed by atoms with van der Waals surface area (Å²) in [6.45, 7) is 3.16. The Morgan fingerprint density at radius 3 is 2.95 bits per heavy atom. The predicted molar refractivity (Wildman–Crippen MR) is 75.1 cm³/mol. The summed E-state index contributed by atoms with van der Waals surface area (Å²) < 4.78 is 2.14. The Kier molecular flexibility index (Phi) is 3.89. The van der Waals surface area contributed by atoms with E-state index < -0.39 is 0 Å². The lowest BCUT2D eigenvalue weighted by Gasteiger charge is -2.20. The highest BCUT2D eigenvalue weighted by atomic mass is 16.3. The average molecular weight is 263 g/mol. The lowest BCUT2D eigenvalue weighted by Crippen LogP contribution is -2.23. The van der Waals surface area contributed by atoms with Crippen LogP contribution in [0, 0.1) is 0 Å². The van der Waals surface area contributed by atoms with Crippen LogP contribution in [0.15, 0.2) is 6.20 Å². The highest BCUT2D eigenvalue weighted by molar-refractivity contribution is 5.24. The van der Waals surface area contributed by atoms with Crippen LogP contribution in [0.25, 0.3) is 0 Å². The molecule has 19 heavy (non-hydrogen) atoms. The van der Waals surface area contributed by atoms with Crippen LogP contribution < -0.4 is 5.32 Å². The van der Waals surface area contributed by atoms with E-state index in [2.05, 4.69) is 22.0 Å². The molecule has 3 rings (SSSR count). The van der Waals surface area contributed by atoms with E-state index in [1.165, 1.54) is 30.5 Å². The lowest BCUT2D eigenvalue weighted by molar-refractivity contribution is 0.128. The van der Waals surface area contributed by atoms with Gasteiger partial charge < -0.3 is 10.4 Å². The molecule has 106 valence electrons. The van der Waals surface area contributed by atoms with E-state index in [9.17, 15) is 5.11 Å². The van der Waals surface area contributed by atoms with E-state index in [0.717, 1.165) is 32.2 Å². The minimum Gasteiger partial charge on any atom is -0.391 e. The van der Waals surface area contributed by atoms with Crippen LogP contribution in [0.4, 0.5) is 0 Å². The van der Waals surface area contributed by atoms with Crippen molar-refractivity contribution in [2.24, 2.45) is 0 Å². The van der Waals surface area contributed by atoms with Crippen LogP contribution in [0.2, 0.25) is 0 Å². The highest BCUT2D eigenvalue weighted by Gasteiger charge is 2.31. The second-order valence-electron chi connectivity index (χ2n) is 5.91. The molecule has 3 unspecified atom stereocenters. The molecule has 1 fully saturated rings. The Morgan fingerprint density at radius 1 is 1.32 bits per heavy atom. The first kappa shape index (κ1) is 13.1. The molecule has 4 nitrogen and oxygen atoms in total. The van der Waals surface area contributed by atoms with Crippen molar-refractivity contribution < 1.29 is 5.11 Å². The molecule has 0 bridgehead atoms. The average Bonchev–Trinajstić information content (AvgIpc) is 2.94. The molecule has 0 radical (unpaired) electrons. The number of rotatable bonds is 3. The number of hydrogen-bond donors (Lipinski definition) is 2. The third-order valence-electron chi connectivity index (χ3n) is 4.67. The van der Waals surface area contributed by atoms with Gasteiger partial charge in [0.25, 0.3) is 0 Å². The number of aliphatic hydroxyl groups is 1. The molecule has 1 aromatic heterocycles. The Labute approximate surface area is 115 Å². The normalized spacial score (nSPS) is 31.2. The molecule has 1 heterocycles. The zero-order valence-electron chi connectivity index (χ0n) is 11.8. The highest BCUT2D eigenvalue weighted by Crippen LogP contribution is 2.35. The molecule has 0 saturated heterocycles. The Hall–Kier alpha value is -0.870. The maximum atomic E-state index is 10.1. The molecule has 4 heteroatoms. The van der Waals surface area contributed by atoms with Gasteiger partial charge in [0.15, 0.2) is 0 Å². The summed E-state index contributed by atoms with van der Waals surface area (Å²) in [7, 11) is 0. The van der Waals surface area contributed by atoms with E-state index in [1.54, 1.807) is 0 Å². The molecule has 0 spiro atoms. The minimum atomic E-state index is -0.204. The summed E-state index contributed by atoms with van der Waals surface area (Å²) in [5.74, 6) is 0. The standard InChI is InChI=1S/C15H25N3O/c1-2-16-12-6-3-4-7-13-11(12)10-17-18(13)14-8-5-9-15(14)19/h10,12,14-16,19H,2-9H2,1H3. The number of aromatic nitrogens is 2. The van der Waals surface area contributed by atoms with Crippen molar-refractivity contribution in [2.75, 3.05) is 6.54 Å². The van der Waals surface area contributed by atoms with Gasteiger partial charge in [-0.05, 0) is 45.1 Å². The summed E-state index contributed by atoms with van der Waals surface area (Å²) >= 11 is 0. The summed E-state index contributed by atoms with van der Waals surface area (Å²) in [5.41, 5.74) is 2.74. The van der Waals surface area contributed by atoms with Crippen LogP contribution in [-0.2, 0) is 6.42 Å². The van der Waals surface area contributed by atoms with Gasteiger partial charge in [0.1, 0.15) is 0 Å². The number of aliphatic hydroxyl groups excluding tert-OH is 1.